The fourth-order valence-electron chi connectivity index (χ4n) is 4.04. The number of hydrazone groups is 1. The maximum atomic E-state index is 12.4. The van der Waals surface area contributed by atoms with E-state index >= 15 is 0 Å². The first-order valence-electron chi connectivity index (χ1n) is 11.0. The SMILES string of the molecule is CN(C)c1ccc(/C=C2\SC(=O)N=C2N2N=C(c3ccccc3)C[C@H]2c2ccc(Cl)cc2)cc1. The molecule has 0 fully saturated rings. The molecule has 3 aromatic carbocycles. The van der Waals surface area contributed by atoms with Gasteiger partial charge in [-0.25, -0.2) is 5.01 Å². The van der Waals surface area contributed by atoms with Crippen LogP contribution in [0, 0.1) is 0 Å². The Labute approximate surface area is 208 Å². The molecule has 2 heterocycles. The molecule has 34 heavy (non-hydrogen) atoms. The lowest BCUT2D eigenvalue weighted by atomic mass is 9.98. The molecule has 170 valence electrons. The van der Waals surface area contributed by atoms with Crippen molar-refractivity contribution in [3.63, 3.8) is 0 Å². The molecule has 0 aromatic heterocycles. The zero-order valence-corrected chi connectivity index (χ0v) is 20.4. The van der Waals surface area contributed by atoms with E-state index in [-0.39, 0.29) is 11.3 Å². The van der Waals surface area contributed by atoms with Crippen LogP contribution in [0.5, 0.6) is 0 Å². The Kier molecular flexibility index (Phi) is 6.26. The Bertz CT molecular complexity index is 1300. The second kappa shape index (κ2) is 9.49. The van der Waals surface area contributed by atoms with Gasteiger partial charge in [0, 0.05) is 31.2 Å². The van der Waals surface area contributed by atoms with Gasteiger partial charge in [-0.2, -0.15) is 10.1 Å². The van der Waals surface area contributed by atoms with E-state index in [2.05, 4.69) is 34.2 Å². The lowest BCUT2D eigenvalue weighted by Crippen LogP contribution is -2.26. The summed E-state index contributed by atoms with van der Waals surface area (Å²) in [5.74, 6) is 0.581. The van der Waals surface area contributed by atoms with Crippen molar-refractivity contribution in [2.45, 2.75) is 12.5 Å². The molecule has 5 rings (SSSR count). The highest BCUT2D eigenvalue weighted by molar-refractivity contribution is 8.18. The average Bonchev–Trinajstić information content (AvgIpc) is 3.44. The molecule has 5 nitrogen and oxygen atoms in total. The van der Waals surface area contributed by atoms with Crippen LogP contribution < -0.4 is 4.90 Å². The van der Waals surface area contributed by atoms with Gasteiger partial charge in [-0.05, 0) is 58.8 Å². The molecule has 1 atom stereocenters. The van der Waals surface area contributed by atoms with Crippen LogP contribution in [0.4, 0.5) is 10.5 Å². The number of carbonyl (C=O) groups is 1. The average molecular weight is 487 g/mol. The number of rotatable bonds is 4. The molecule has 7 heteroatoms. The van der Waals surface area contributed by atoms with Gasteiger partial charge in [-0.15, -0.1) is 0 Å². The highest BCUT2D eigenvalue weighted by atomic mass is 35.5. The molecule has 0 aliphatic carbocycles. The number of anilines is 1. The van der Waals surface area contributed by atoms with Crippen LogP contribution in [0.1, 0.15) is 29.2 Å². The number of hydrogen-bond donors (Lipinski definition) is 0. The summed E-state index contributed by atoms with van der Waals surface area (Å²) in [5, 5.41) is 7.30. The van der Waals surface area contributed by atoms with Crippen molar-refractivity contribution in [1.29, 1.82) is 0 Å². The fraction of sp³-hybridized carbons (Fsp3) is 0.148. The number of nitrogens with zero attached hydrogens (tertiary/aromatic N) is 4. The van der Waals surface area contributed by atoms with Crippen LogP contribution >= 0.6 is 23.4 Å². The van der Waals surface area contributed by atoms with E-state index in [0.717, 1.165) is 44.8 Å². The molecule has 0 unspecified atom stereocenters. The monoisotopic (exact) mass is 486 g/mol. The van der Waals surface area contributed by atoms with Crippen molar-refractivity contribution in [2.24, 2.45) is 10.1 Å². The Morgan fingerprint density at radius 2 is 1.71 bits per heavy atom. The van der Waals surface area contributed by atoms with Gasteiger partial charge in [0.1, 0.15) is 0 Å². The predicted molar refractivity (Wildman–Crippen MR) is 143 cm³/mol. The largest absolute Gasteiger partial charge is 0.378 e. The third-order valence-electron chi connectivity index (χ3n) is 5.81. The Morgan fingerprint density at radius 1 is 1.00 bits per heavy atom. The number of thioether (sulfide) groups is 1. The van der Waals surface area contributed by atoms with E-state index in [0.29, 0.717) is 17.3 Å². The topological polar surface area (TPSA) is 48.3 Å². The van der Waals surface area contributed by atoms with Gasteiger partial charge >= 0.3 is 5.24 Å². The van der Waals surface area contributed by atoms with Crippen LogP contribution in [0.15, 0.2) is 93.9 Å². The molecule has 2 aliphatic heterocycles. The molecule has 0 saturated carbocycles. The molecule has 0 saturated heterocycles. The summed E-state index contributed by atoms with van der Waals surface area (Å²) < 4.78 is 0. The van der Waals surface area contributed by atoms with Gasteiger partial charge in [0.25, 0.3) is 0 Å². The number of amides is 1. The van der Waals surface area contributed by atoms with E-state index < -0.39 is 0 Å². The summed E-state index contributed by atoms with van der Waals surface area (Å²) in [4.78, 5) is 19.6. The Morgan fingerprint density at radius 3 is 2.38 bits per heavy atom. The number of amidine groups is 1. The lowest BCUT2D eigenvalue weighted by molar-refractivity contribution is 0.267. The van der Waals surface area contributed by atoms with Gasteiger partial charge in [0.2, 0.25) is 0 Å². The summed E-state index contributed by atoms with van der Waals surface area (Å²) in [7, 11) is 4.02. The number of benzene rings is 3. The predicted octanol–water partition coefficient (Wildman–Crippen LogP) is 6.86. The molecular formula is C27H23ClN4OS. The molecule has 0 N–H and O–H groups in total. The summed E-state index contributed by atoms with van der Waals surface area (Å²) in [6.07, 6.45) is 2.71. The summed E-state index contributed by atoms with van der Waals surface area (Å²) in [6, 6.07) is 26.0. The summed E-state index contributed by atoms with van der Waals surface area (Å²) >= 11 is 7.28. The standard InChI is InChI=1S/C27H23ClN4OS/c1-31(2)22-14-8-18(9-15-22)16-25-26(29-27(33)34-25)32-24(20-10-12-21(28)13-11-20)17-23(30-32)19-6-4-3-5-7-19/h3-16,24H,17H2,1-2H3/b25-16-/t24-/m0/s1. The van der Waals surface area contributed by atoms with Crippen molar-refractivity contribution < 1.29 is 4.79 Å². The van der Waals surface area contributed by atoms with Crippen molar-refractivity contribution >= 4 is 51.9 Å². The van der Waals surface area contributed by atoms with Gasteiger partial charge < -0.3 is 4.90 Å². The van der Waals surface area contributed by atoms with Crippen LogP contribution in [0.2, 0.25) is 5.02 Å². The van der Waals surface area contributed by atoms with Crippen molar-refractivity contribution in [3.05, 3.63) is 105 Å². The van der Waals surface area contributed by atoms with Crippen LogP contribution in [0.25, 0.3) is 6.08 Å². The number of hydrogen-bond acceptors (Lipinski definition) is 5. The normalized spacial score (nSPS) is 18.9. The second-order valence-corrected chi connectivity index (χ2v) is 9.76. The minimum atomic E-state index is -0.232. The van der Waals surface area contributed by atoms with Gasteiger partial charge in [0.15, 0.2) is 5.84 Å². The van der Waals surface area contributed by atoms with Gasteiger partial charge in [0.05, 0.1) is 16.7 Å². The zero-order valence-electron chi connectivity index (χ0n) is 18.9. The Balaban J connectivity index is 1.53. The number of carbonyl (C=O) groups excluding carboxylic acids is 1. The minimum Gasteiger partial charge on any atom is -0.378 e. The third-order valence-corrected chi connectivity index (χ3v) is 6.85. The van der Waals surface area contributed by atoms with Crippen LogP contribution in [0.3, 0.4) is 0 Å². The maximum Gasteiger partial charge on any atom is 0.311 e. The molecule has 0 bridgehead atoms. The molecule has 0 spiro atoms. The molecule has 0 radical (unpaired) electrons. The maximum absolute atomic E-state index is 12.4. The number of aliphatic imine (C=N–C) groups is 1. The van der Waals surface area contributed by atoms with Gasteiger partial charge in [-0.3, -0.25) is 4.79 Å². The van der Waals surface area contributed by atoms with Crippen molar-refractivity contribution in [2.75, 3.05) is 19.0 Å². The van der Waals surface area contributed by atoms with E-state index in [1.807, 2.05) is 79.8 Å². The van der Waals surface area contributed by atoms with E-state index in [4.69, 9.17) is 16.7 Å². The van der Waals surface area contributed by atoms with E-state index in [1.165, 1.54) is 0 Å². The zero-order chi connectivity index (χ0) is 23.7. The molecule has 2 aliphatic rings. The van der Waals surface area contributed by atoms with Crippen molar-refractivity contribution in [1.82, 2.24) is 5.01 Å². The van der Waals surface area contributed by atoms with Crippen LogP contribution in [-0.4, -0.2) is 35.9 Å². The van der Waals surface area contributed by atoms with E-state index in [1.54, 1.807) is 0 Å². The first kappa shape index (κ1) is 22.4. The Hall–Kier alpha value is -3.35. The molecular weight excluding hydrogens is 464 g/mol. The highest BCUT2D eigenvalue weighted by Crippen LogP contribution is 2.39. The fourth-order valence-corrected chi connectivity index (χ4v) is 4.91. The number of halogens is 1. The molecule has 3 aromatic rings. The van der Waals surface area contributed by atoms with Crippen LogP contribution in [-0.2, 0) is 0 Å². The van der Waals surface area contributed by atoms with Gasteiger partial charge in [-0.1, -0.05) is 66.2 Å². The first-order valence-corrected chi connectivity index (χ1v) is 12.1. The smallest absolute Gasteiger partial charge is 0.311 e. The quantitative estimate of drug-likeness (QED) is 0.404. The molecule has 1 amide bonds. The third kappa shape index (κ3) is 4.65. The highest BCUT2D eigenvalue weighted by Gasteiger charge is 2.36. The van der Waals surface area contributed by atoms with Crippen molar-refractivity contribution in [3.8, 4) is 0 Å². The minimum absolute atomic E-state index is 0.0859. The summed E-state index contributed by atoms with van der Waals surface area (Å²) in [6.45, 7) is 0. The summed E-state index contributed by atoms with van der Waals surface area (Å²) in [5.41, 5.74) is 5.21. The van der Waals surface area contributed by atoms with E-state index in [9.17, 15) is 4.79 Å². The lowest BCUT2D eigenvalue weighted by Gasteiger charge is -2.24. The first-order chi connectivity index (χ1) is 16.5. The second-order valence-electron chi connectivity index (χ2n) is 8.33.